The van der Waals surface area contributed by atoms with Crippen LogP contribution in [0.15, 0.2) is 0 Å². The maximum Gasteiger partial charge on any atom is 1.00 e. The van der Waals surface area contributed by atoms with Crippen molar-refractivity contribution in [1.82, 2.24) is 4.90 Å². The first-order valence-electron chi connectivity index (χ1n) is 6.07. The zero-order valence-electron chi connectivity index (χ0n) is 10.8. The first-order chi connectivity index (χ1) is 6.35. The van der Waals surface area contributed by atoms with E-state index in [2.05, 4.69) is 25.7 Å². The van der Waals surface area contributed by atoms with Gasteiger partial charge in [0, 0.05) is 0 Å². The Morgan fingerprint density at radius 2 is 0.929 bits per heavy atom. The minimum absolute atomic E-state index is 0. The van der Waals surface area contributed by atoms with E-state index in [9.17, 15) is 0 Å². The zero-order valence-corrected chi connectivity index (χ0v) is 12.8. The maximum atomic E-state index is 2.64. The van der Waals surface area contributed by atoms with E-state index in [0.29, 0.717) is 0 Å². The molecule has 0 aromatic carbocycles. The van der Waals surface area contributed by atoms with Gasteiger partial charge in [-0.2, -0.15) is 0 Å². The molecule has 0 N–H and O–H groups in total. The van der Waals surface area contributed by atoms with Crippen LogP contribution >= 0.6 is 0 Å². The van der Waals surface area contributed by atoms with Gasteiger partial charge in [0.1, 0.15) is 0 Å². The Hall–Kier alpha value is 0.960. The van der Waals surface area contributed by atoms with Crippen molar-refractivity contribution in [2.45, 2.75) is 59.3 Å². The average molecular weight is 208 g/mol. The summed E-state index contributed by atoms with van der Waals surface area (Å²) >= 11 is 0. The Labute approximate surface area is 113 Å². The summed E-state index contributed by atoms with van der Waals surface area (Å²) in [5.74, 6) is 0. The molecule has 2 heteroatoms. The van der Waals surface area contributed by atoms with Crippen LogP contribution in [0.5, 0.6) is 0 Å². The molecular formula is C12H27NNa+. The maximum absolute atomic E-state index is 2.64. The molecule has 0 saturated carbocycles. The first-order valence-corrected chi connectivity index (χ1v) is 6.07. The summed E-state index contributed by atoms with van der Waals surface area (Å²) in [5, 5.41) is 0. The quantitative estimate of drug-likeness (QED) is 0.504. The summed E-state index contributed by atoms with van der Waals surface area (Å²) in [7, 11) is 0. The smallest absolute Gasteiger partial charge is 0.303 e. The van der Waals surface area contributed by atoms with E-state index in [1.54, 1.807) is 0 Å². The van der Waals surface area contributed by atoms with Gasteiger partial charge in [-0.1, -0.05) is 40.0 Å². The predicted molar refractivity (Wildman–Crippen MR) is 61.2 cm³/mol. The Morgan fingerprint density at radius 3 is 1.14 bits per heavy atom. The monoisotopic (exact) mass is 208 g/mol. The molecule has 0 fully saturated rings. The summed E-state index contributed by atoms with van der Waals surface area (Å²) in [4.78, 5) is 2.64. The van der Waals surface area contributed by atoms with Crippen LogP contribution in [0, 0.1) is 0 Å². The van der Waals surface area contributed by atoms with Gasteiger partial charge in [0.2, 0.25) is 0 Å². The molecule has 0 spiro atoms. The molecule has 0 bridgehead atoms. The second-order valence-electron chi connectivity index (χ2n) is 3.90. The van der Waals surface area contributed by atoms with Crippen molar-refractivity contribution < 1.29 is 29.6 Å². The van der Waals surface area contributed by atoms with Crippen LogP contribution in [-0.2, 0) is 0 Å². The van der Waals surface area contributed by atoms with E-state index in [-0.39, 0.29) is 29.6 Å². The fraction of sp³-hybridized carbons (Fsp3) is 1.00. The van der Waals surface area contributed by atoms with Crippen LogP contribution < -0.4 is 29.6 Å². The molecular weight excluding hydrogens is 181 g/mol. The van der Waals surface area contributed by atoms with E-state index in [0.717, 1.165) is 0 Å². The number of hydrogen-bond donors (Lipinski definition) is 0. The Bertz CT molecular complexity index is 77.3. The zero-order chi connectivity index (χ0) is 9.94. The molecule has 0 aromatic heterocycles. The predicted octanol–water partition coefficient (Wildman–Crippen LogP) is 0.693. The molecule has 0 radical (unpaired) electrons. The molecule has 0 saturated heterocycles. The second-order valence-corrected chi connectivity index (χ2v) is 3.90. The number of hydrogen-bond acceptors (Lipinski definition) is 1. The minimum atomic E-state index is 0. The van der Waals surface area contributed by atoms with Gasteiger partial charge in [0.25, 0.3) is 0 Å². The molecule has 0 unspecified atom stereocenters. The molecule has 0 aliphatic rings. The first kappa shape index (κ1) is 17.4. The van der Waals surface area contributed by atoms with Gasteiger partial charge < -0.3 is 4.90 Å². The molecule has 80 valence electrons. The van der Waals surface area contributed by atoms with Gasteiger partial charge in [0.15, 0.2) is 0 Å². The van der Waals surface area contributed by atoms with E-state index >= 15 is 0 Å². The van der Waals surface area contributed by atoms with Gasteiger partial charge in [-0.05, 0) is 38.9 Å². The SMILES string of the molecule is CCCCN(CCCC)CCCC.[Na+]. The van der Waals surface area contributed by atoms with Crippen molar-refractivity contribution in [1.29, 1.82) is 0 Å². The van der Waals surface area contributed by atoms with E-state index < -0.39 is 0 Å². The molecule has 0 rings (SSSR count). The molecule has 1 nitrogen and oxygen atoms in total. The summed E-state index contributed by atoms with van der Waals surface area (Å²) in [6.45, 7) is 10.8. The Morgan fingerprint density at radius 1 is 0.643 bits per heavy atom. The number of unbranched alkanes of at least 4 members (excludes halogenated alkanes) is 3. The Kier molecular flexibility index (Phi) is 17.3. The topological polar surface area (TPSA) is 3.24 Å². The fourth-order valence-electron chi connectivity index (χ4n) is 1.48. The molecule has 0 heterocycles. The van der Waals surface area contributed by atoms with E-state index in [1.807, 2.05) is 0 Å². The standard InChI is InChI=1S/C12H27N.Na/c1-4-7-10-13(11-8-5-2)12-9-6-3;/h4-12H2,1-3H3;/q;+1. The van der Waals surface area contributed by atoms with Crippen molar-refractivity contribution in [3.05, 3.63) is 0 Å². The Balaban J connectivity index is 0. The number of nitrogens with zero attached hydrogens (tertiary/aromatic N) is 1. The van der Waals surface area contributed by atoms with E-state index in [1.165, 1.54) is 58.2 Å². The minimum Gasteiger partial charge on any atom is -0.303 e. The van der Waals surface area contributed by atoms with Crippen LogP contribution in [0.1, 0.15) is 59.3 Å². The molecule has 14 heavy (non-hydrogen) atoms. The summed E-state index contributed by atoms with van der Waals surface area (Å²) in [6, 6.07) is 0. The number of rotatable bonds is 9. The molecule has 0 aromatic rings. The van der Waals surface area contributed by atoms with Crippen molar-refractivity contribution >= 4 is 0 Å². The second kappa shape index (κ2) is 14.0. The molecule has 0 aliphatic heterocycles. The van der Waals surface area contributed by atoms with Crippen molar-refractivity contribution in [3.63, 3.8) is 0 Å². The van der Waals surface area contributed by atoms with E-state index in [4.69, 9.17) is 0 Å². The van der Waals surface area contributed by atoms with Gasteiger partial charge in [-0.3, -0.25) is 0 Å². The van der Waals surface area contributed by atoms with Crippen LogP contribution in [0.2, 0.25) is 0 Å². The summed E-state index contributed by atoms with van der Waals surface area (Å²) in [6.07, 6.45) is 8.09. The summed E-state index contributed by atoms with van der Waals surface area (Å²) < 4.78 is 0. The van der Waals surface area contributed by atoms with Crippen LogP contribution in [0.25, 0.3) is 0 Å². The van der Waals surface area contributed by atoms with Crippen LogP contribution in [0.3, 0.4) is 0 Å². The van der Waals surface area contributed by atoms with Gasteiger partial charge in [-0.25, -0.2) is 0 Å². The largest absolute Gasteiger partial charge is 1.00 e. The van der Waals surface area contributed by atoms with Crippen molar-refractivity contribution in [2.75, 3.05) is 19.6 Å². The van der Waals surface area contributed by atoms with Gasteiger partial charge in [-0.15, -0.1) is 0 Å². The fourth-order valence-corrected chi connectivity index (χ4v) is 1.48. The normalized spacial score (nSPS) is 10.3. The third-order valence-electron chi connectivity index (χ3n) is 2.48. The third-order valence-corrected chi connectivity index (χ3v) is 2.48. The molecule has 0 amide bonds. The summed E-state index contributed by atoms with van der Waals surface area (Å²) in [5.41, 5.74) is 0. The van der Waals surface area contributed by atoms with Gasteiger partial charge in [0.05, 0.1) is 0 Å². The van der Waals surface area contributed by atoms with Crippen LogP contribution in [-0.4, -0.2) is 24.5 Å². The third kappa shape index (κ3) is 11.0. The van der Waals surface area contributed by atoms with Gasteiger partial charge >= 0.3 is 29.6 Å². The van der Waals surface area contributed by atoms with Crippen molar-refractivity contribution in [2.24, 2.45) is 0 Å². The molecule has 0 atom stereocenters. The van der Waals surface area contributed by atoms with Crippen LogP contribution in [0.4, 0.5) is 0 Å². The molecule has 0 aliphatic carbocycles. The average Bonchev–Trinajstić information content (AvgIpc) is 2.17. The van der Waals surface area contributed by atoms with Crippen molar-refractivity contribution in [3.8, 4) is 0 Å².